The van der Waals surface area contributed by atoms with Crippen molar-refractivity contribution in [2.24, 2.45) is 7.05 Å². The molecule has 1 saturated carbocycles. The molecule has 3 heterocycles. The summed E-state index contributed by atoms with van der Waals surface area (Å²) >= 11 is 0. The molecule has 0 aliphatic heterocycles. The molecule has 0 bridgehead atoms. The van der Waals surface area contributed by atoms with Gasteiger partial charge in [-0.1, -0.05) is 6.07 Å². The number of hydrogen-bond donors (Lipinski definition) is 1. The summed E-state index contributed by atoms with van der Waals surface area (Å²) in [6, 6.07) is 12.0. The highest BCUT2D eigenvalue weighted by Crippen LogP contribution is 2.33. The second kappa shape index (κ2) is 8.23. The number of aromatic nitrogens is 5. The molecule has 0 spiro atoms. The summed E-state index contributed by atoms with van der Waals surface area (Å²) in [6.45, 7) is 0. The van der Waals surface area contributed by atoms with Gasteiger partial charge in [0.15, 0.2) is 0 Å². The maximum Gasteiger partial charge on any atom is 0.236 e. The lowest BCUT2D eigenvalue weighted by Gasteiger charge is -2.13. The van der Waals surface area contributed by atoms with E-state index in [4.69, 9.17) is 0 Å². The van der Waals surface area contributed by atoms with E-state index in [1.807, 2.05) is 31.4 Å². The van der Waals surface area contributed by atoms with Crippen LogP contribution in [0.4, 0.5) is 14.6 Å². The van der Waals surface area contributed by atoms with Crippen molar-refractivity contribution in [3.05, 3.63) is 78.9 Å². The predicted molar refractivity (Wildman–Crippen MR) is 132 cm³/mol. The van der Waals surface area contributed by atoms with Crippen molar-refractivity contribution in [1.29, 1.82) is 0 Å². The molecule has 1 fully saturated rings. The highest BCUT2D eigenvalue weighted by Gasteiger charge is 2.36. The van der Waals surface area contributed by atoms with Gasteiger partial charge in [-0.05, 0) is 60.4 Å². The Kier molecular flexibility index (Phi) is 5.11. The maximum absolute atomic E-state index is 14.7. The zero-order valence-electron chi connectivity index (χ0n) is 19.1. The molecule has 5 aromatic rings. The monoisotopic (exact) mass is 506 g/mol. The molecule has 0 radical (unpaired) electrons. The Hall–Kier alpha value is -4.12. The fraction of sp³-hybridized carbons (Fsp3) is 0.160. The standard InChI is InChI=1S/C25H20F2N6O2S/c1-32-13-17(12-29-32)15-2-7-23-22(8-15)28-14-33(23)25-10-16(20-6-3-18(26)11-21(20)27)9-24(30-25)31-36(34,35)19-4-5-19/h2-3,6-14,19H,4-5H2,1H3,(H,30,31). The lowest BCUT2D eigenvalue weighted by atomic mass is 10.1. The molecule has 3 aromatic heterocycles. The number of aryl methyl sites for hydroxylation is 1. The average Bonchev–Trinajstić information content (AvgIpc) is 3.49. The van der Waals surface area contributed by atoms with Crippen molar-refractivity contribution < 1.29 is 17.2 Å². The van der Waals surface area contributed by atoms with E-state index in [0.29, 0.717) is 29.7 Å². The predicted octanol–water partition coefficient (Wildman–Crippen LogP) is 4.67. The Labute approximate surface area is 205 Å². The van der Waals surface area contributed by atoms with Crippen molar-refractivity contribution in [3.63, 3.8) is 0 Å². The summed E-state index contributed by atoms with van der Waals surface area (Å²) in [5.41, 5.74) is 3.76. The van der Waals surface area contributed by atoms with Gasteiger partial charge in [-0.3, -0.25) is 14.0 Å². The van der Waals surface area contributed by atoms with Crippen LogP contribution in [0.5, 0.6) is 0 Å². The van der Waals surface area contributed by atoms with Gasteiger partial charge in [-0.15, -0.1) is 0 Å². The molecular formula is C25H20F2N6O2S. The first-order chi connectivity index (χ1) is 17.3. The molecule has 0 atom stereocenters. The molecule has 2 aromatic carbocycles. The van der Waals surface area contributed by atoms with Crippen molar-refractivity contribution in [2.75, 3.05) is 4.72 Å². The van der Waals surface area contributed by atoms with Gasteiger partial charge < -0.3 is 0 Å². The quantitative estimate of drug-likeness (QED) is 0.361. The number of fused-ring (bicyclic) bond motifs is 1. The number of hydrogen-bond acceptors (Lipinski definition) is 5. The molecule has 182 valence electrons. The highest BCUT2D eigenvalue weighted by molar-refractivity contribution is 7.93. The van der Waals surface area contributed by atoms with Gasteiger partial charge in [0, 0.05) is 30.4 Å². The second-order valence-electron chi connectivity index (χ2n) is 8.79. The number of nitrogens with zero attached hydrogens (tertiary/aromatic N) is 5. The Morgan fingerprint density at radius 2 is 1.83 bits per heavy atom. The van der Waals surface area contributed by atoms with Crippen LogP contribution in [0, 0.1) is 11.6 Å². The summed E-state index contributed by atoms with van der Waals surface area (Å²) < 4.78 is 59.3. The number of anilines is 1. The Bertz CT molecular complexity index is 1740. The minimum absolute atomic E-state index is 0.0481. The fourth-order valence-corrected chi connectivity index (χ4v) is 5.44. The van der Waals surface area contributed by atoms with E-state index in [9.17, 15) is 17.2 Å². The van der Waals surface area contributed by atoms with Crippen LogP contribution in [-0.4, -0.2) is 38.0 Å². The third-order valence-electron chi connectivity index (χ3n) is 6.10. The molecule has 8 nitrogen and oxygen atoms in total. The minimum Gasteiger partial charge on any atom is -0.283 e. The molecule has 6 rings (SSSR count). The van der Waals surface area contributed by atoms with Crippen LogP contribution >= 0.6 is 0 Å². The second-order valence-corrected chi connectivity index (χ2v) is 10.8. The van der Waals surface area contributed by atoms with Crippen LogP contribution in [0.25, 0.3) is 39.1 Å². The number of benzene rings is 2. The van der Waals surface area contributed by atoms with E-state index in [0.717, 1.165) is 28.8 Å². The summed E-state index contributed by atoms with van der Waals surface area (Å²) in [4.78, 5) is 9.00. The summed E-state index contributed by atoms with van der Waals surface area (Å²) in [6.07, 6.45) is 6.40. The molecule has 0 amide bonds. The molecule has 36 heavy (non-hydrogen) atoms. The molecular weight excluding hydrogens is 486 g/mol. The van der Waals surface area contributed by atoms with Crippen molar-refractivity contribution in [2.45, 2.75) is 18.1 Å². The third-order valence-corrected chi connectivity index (χ3v) is 7.94. The van der Waals surface area contributed by atoms with Crippen LogP contribution in [-0.2, 0) is 17.1 Å². The number of imidazole rings is 1. The van der Waals surface area contributed by atoms with E-state index in [2.05, 4.69) is 19.8 Å². The van der Waals surface area contributed by atoms with E-state index in [1.54, 1.807) is 27.8 Å². The lowest BCUT2D eigenvalue weighted by Crippen LogP contribution is -2.18. The fourth-order valence-electron chi connectivity index (χ4n) is 4.12. The Morgan fingerprint density at radius 3 is 2.56 bits per heavy atom. The number of sulfonamides is 1. The van der Waals surface area contributed by atoms with Gasteiger partial charge in [0.25, 0.3) is 0 Å². The zero-order valence-corrected chi connectivity index (χ0v) is 19.9. The van der Waals surface area contributed by atoms with Crippen molar-refractivity contribution in [3.8, 4) is 28.1 Å². The van der Waals surface area contributed by atoms with Gasteiger partial charge in [0.2, 0.25) is 10.0 Å². The Balaban J connectivity index is 1.47. The van der Waals surface area contributed by atoms with Crippen LogP contribution in [0.1, 0.15) is 12.8 Å². The molecule has 1 N–H and O–H groups in total. The van der Waals surface area contributed by atoms with Gasteiger partial charge >= 0.3 is 0 Å². The van der Waals surface area contributed by atoms with Crippen molar-refractivity contribution >= 4 is 26.9 Å². The molecule has 1 aliphatic carbocycles. The number of pyridine rings is 1. The van der Waals surface area contributed by atoms with Crippen LogP contribution in [0.3, 0.4) is 0 Å². The molecule has 0 unspecified atom stereocenters. The normalized spacial score (nSPS) is 13.9. The topological polar surface area (TPSA) is 94.7 Å². The minimum atomic E-state index is -3.62. The van der Waals surface area contributed by atoms with Crippen LogP contribution in [0.15, 0.2) is 67.3 Å². The first kappa shape index (κ1) is 22.4. The van der Waals surface area contributed by atoms with Crippen LogP contribution in [0.2, 0.25) is 0 Å². The van der Waals surface area contributed by atoms with Crippen LogP contribution < -0.4 is 4.72 Å². The van der Waals surface area contributed by atoms with E-state index >= 15 is 0 Å². The number of halogens is 2. The van der Waals surface area contributed by atoms with Gasteiger partial charge in [-0.25, -0.2) is 27.2 Å². The molecule has 11 heteroatoms. The van der Waals surface area contributed by atoms with E-state index in [-0.39, 0.29) is 11.4 Å². The zero-order chi connectivity index (χ0) is 25.0. The smallest absolute Gasteiger partial charge is 0.236 e. The molecule has 1 aliphatic rings. The number of rotatable bonds is 6. The first-order valence-corrected chi connectivity index (χ1v) is 12.8. The number of nitrogens with one attached hydrogen (secondary N) is 1. The highest BCUT2D eigenvalue weighted by atomic mass is 32.2. The van der Waals surface area contributed by atoms with Gasteiger partial charge in [-0.2, -0.15) is 5.10 Å². The average molecular weight is 507 g/mol. The largest absolute Gasteiger partial charge is 0.283 e. The summed E-state index contributed by atoms with van der Waals surface area (Å²) in [7, 11) is -1.78. The lowest BCUT2D eigenvalue weighted by molar-refractivity contribution is 0.585. The summed E-state index contributed by atoms with van der Waals surface area (Å²) in [5, 5.41) is 3.74. The first-order valence-electron chi connectivity index (χ1n) is 11.2. The summed E-state index contributed by atoms with van der Waals surface area (Å²) in [5.74, 6) is -1.08. The SMILES string of the molecule is Cn1cc(-c2ccc3c(c2)ncn3-c2cc(-c3ccc(F)cc3F)cc(NS(=O)(=O)C3CC3)n2)cn1. The molecule has 0 saturated heterocycles. The van der Waals surface area contributed by atoms with Gasteiger partial charge in [0.05, 0.1) is 22.5 Å². The van der Waals surface area contributed by atoms with Crippen molar-refractivity contribution in [1.82, 2.24) is 24.3 Å². The maximum atomic E-state index is 14.7. The van der Waals surface area contributed by atoms with E-state index < -0.39 is 26.9 Å². The van der Waals surface area contributed by atoms with Gasteiger partial charge in [0.1, 0.15) is 29.6 Å². The Morgan fingerprint density at radius 1 is 1.00 bits per heavy atom. The third kappa shape index (κ3) is 4.11. The van der Waals surface area contributed by atoms with E-state index in [1.165, 1.54) is 12.1 Å².